The van der Waals surface area contributed by atoms with Crippen LogP contribution in [0.15, 0.2) is 0 Å². The molecule has 2 unspecified atom stereocenters. The molecule has 0 saturated heterocycles. The lowest BCUT2D eigenvalue weighted by atomic mass is 10.4. The van der Waals surface area contributed by atoms with E-state index in [-0.39, 0.29) is 6.16 Å². The zero-order valence-electron chi connectivity index (χ0n) is 6.48. The van der Waals surface area contributed by atoms with E-state index < -0.39 is 25.0 Å². The van der Waals surface area contributed by atoms with Crippen molar-refractivity contribution in [2.24, 2.45) is 0 Å². The van der Waals surface area contributed by atoms with Gasteiger partial charge in [0.2, 0.25) is 0 Å². The van der Waals surface area contributed by atoms with Crippen molar-refractivity contribution in [3.63, 3.8) is 0 Å². The molecule has 0 aliphatic carbocycles. The average Bonchev–Trinajstić information content (AvgIpc) is 1.83. The number of halogens is 2. The lowest BCUT2D eigenvalue weighted by Gasteiger charge is -2.15. The van der Waals surface area contributed by atoms with Crippen LogP contribution < -0.4 is 0 Å². The van der Waals surface area contributed by atoms with Gasteiger partial charge >= 0.3 is 0 Å². The minimum absolute atomic E-state index is 0.303. The van der Waals surface area contributed by atoms with Gasteiger partial charge in [0.15, 0.2) is 0 Å². The zero-order chi connectivity index (χ0) is 9.78. The van der Waals surface area contributed by atoms with Crippen molar-refractivity contribution in [3.8, 4) is 0 Å². The first kappa shape index (κ1) is 12.7. The monoisotopic (exact) mass is 236 g/mol. The van der Waals surface area contributed by atoms with Crippen molar-refractivity contribution in [2.45, 2.75) is 18.6 Å². The van der Waals surface area contributed by atoms with E-state index in [1.165, 1.54) is 6.92 Å². The van der Waals surface area contributed by atoms with Gasteiger partial charge in [0.25, 0.3) is 6.72 Å². The number of aliphatic hydroxyl groups is 2. The Labute approximate surface area is 80.7 Å². The predicted octanol–water partition coefficient (Wildman–Crippen LogP) is 1.37. The van der Waals surface area contributed by atoms with Crippen molar-refractivity contribution >= 4 is 29.6 Å². The Morgan fingerprint density at radius 1 is 1.67 bits per heavy atom. The van der Waals surface area contributed by atoms with E-state index in [1.807, 2.05) is 0 Å². The molecule has 0 bridgehead atoms. The van der Waals surface area contributed by atoms with Gasteiger partial charge in [-0.15, -0.1) is 0 Å². The number of hydrogen-bond acceptors (Lipinski definition) is 4. The summed E-state index contributed by atoms with van der Waals surface area (Å²) in [5.41, 5.74) is -0.778. The third-order valence-electron chi connectivity index (χ3n) is 0.942. The molecule has 0 aromatic heterocycles. The highest BCUT2D eigenvalue weighted by molar-refractivity contribution is 7.85. The molecule has 0 aliphatic heterocycles. The van der Waals surface area contributed by atoms with Gasteiger partial charge in [-0.25, -0.2) is 0 Å². The molecule has 0 fully saturated rings. The van der Waals surface area contributed by atoms with Gasteiger partial charge in [0, 0.05) is 0 Å². The van der Waals surface area contributed by atoms with Crippen molar-refractivity contribution in [3.05, 3.63) is 0 Å². The number of aliphatic hydroxyl groups excluding tert-OH is 2. The Balaban J connectivity index is 3.95. The molecule has 7 heteroatoms. The van der Waals surface area contributed by atoms with Crippen molar-refractivity contribution in [1.29, 1.82) is 0 Å². The van der Waals surface area contributed by atoms with Gasteiger partial charge in [0.1, 0.15) is 5.56 Å². The average molecular weight is 237 g/mol. The number of rotatable bonds is 5. The molecule has 0 aromatic carbocycles. The molecule has 0 saturated carbocycles. The van der Waals surface area contributed by atoms with E-state index in [4.69, 9.17) is 33.1 Å². The Morgan fingerprint density at radius 2 is 2.17 bits per heavy atom. The molecule has 0 aromatic rings. The van der Waals surface area contributed by atoms with Gasteiger partial charge < -0.3 is 10.2 Å². The normalized spacial score (nSPS) is 21.4. The van der Waals surface area contributed by atoms with E-state index in [0.29, 0.717) is 0 Å². The van der Waals surface area contributed by atoms with Gasteiger partial charge in [0.05, 0.1) is 18.9 Å². The van der Waals surface area contributed by atoms with Gasteiger partial charge in [-0.05, 0) is 18.2 Å². The number of hydrogen-bond donors (Lipinski definition) is 2. The second-order valence-corrected chi connectivity index (χ2v) is 6.17. The van der Waals surface area contributed by atoms with Crippen LogP contribution in [0.1, 0.15) is 6.92 Å². The molecule has 2 N–H and O–H groups in total. The zero-order valence-corrected chi connectivity index (χ0v) is 8.89. The third kappa shape index (κ3) is 6.23. The maximum atomic E-state index is 11.2. The largest absolute Gasteiger partial charge is 0.394 e. The minimum atomic E-state index is -3.39. The number of alkyl halides is 1. The van der Waals surface area contributed by atoms with Crippen LogP contribution in [0.5, 0.6) is 0 Å². The molecule has 0 heterocycles. The predicted molar refractivity (Wildman–Crippen MR) is 47.8 cm³/mol. The van der Waals surface area contributed by atoms with Crippen LogP contribution in [-0.2, 0) is 9.09 Å². The summed E-state index contributed by atoms with van der Waals surface area (Å²) < 4.78 is 15.8. The highest BCUT2D eigenvalue weighted by Crippen LogP contribution is 2.54. The van der Waals surface area contributed by atoms with Crippen LogP contribution in [0, 0.1) is 0 Å². The highest BCUT2D eigenvalue weighted by Gasteiger charge is 2.25. The molecule has 0 amide bonds. The quantitative estimate of drug-likeness (QED) is 0.559. The summed E-state index contributed by atoms with van der Waals surface area (Å²) in [6, 6.07) is 0. The van der Waals surface area contributed by atoms with Crippen molar-refractivity contribution < 1.29 is 19.3 Å². The molecule has 74 valence electrons. The Bertz CT molecular complexity index is 175. The molecular weight excluding hydrogens is 226 g/mol. The molecule has 0 rings (SSSR count). The van der Waals surface area contributed by atoms with Gasteiger partial charge in [-0.1, -0.05) is 11.6 Å². The highest BCUT2D eigenvalue weighted by atomic mass is 35.7. The SMILES string of the molecule is CC(Cl)OP(=O)(Cl)C[C@H](O)CO. The first-order valence-corrected chi connectivity index (χ1v) is 6.42. The van der Waals surface area contributed by atoms with Crippen molar-refractivity contribution in [2.75, 3.05) is 12.8 Å². The Hall–Kier alpha value is 0.690. The van der Waals surface area contributed by atoms with E-state index in [9.17, 15) is 4.57 Å². The van der Waals surface area contributed by atoms with Gasteiger partial charge in [-0.3, -0.25) is 9.09 Å². The molecule has 12 heavy (non-hydrogen) atoms. The van der Waals surface area contributed by atoms with E-state index >= 15 is 0 Å². The van der Waals surface area contributed by atoms with Gasteiger partial charge in [-0.2, -0.15) is 0 Å². The summed E-state index contributed by atoms with van der Waals surface area (Å²) in [5.74, 6) is 0. The fourth-order valence-corrected chi connectivity index (χ4v) is 3.05. The molecule has 0 aliphatic rings. The third-order valence-corrected chi connectivity index (χ3v) is 3.30. The summed E-state index contributed by atoms with van der Waals surface area (Å²) in [4.78, 5) is 0. The van der Waals surface area contributed by atoms with Crippen LogP contribution in [0.25, 0.3) is 0 Å². The molecular formula is C5H11Cl2O4P. The first-order chi connectivity index (χ1) is 5.37. The summed E-state index contributed by atoms with van der Waals surface area (Å²) >= 11 is 10.7. The van der Waals surface area contributed by atoms with E-state index in [1.54, 1.807) is 0 Å². The minimum Gasteiger partial charge on any atom is -0.394 e. The van der Waals surface area contributed by atoms with Crippen molar-refractivity contribution in [1.82, 2.24) is 0 Å². The van der Waals surface area contributed by atoms with Crippen LogP contribution in [0.4, 0.5) is 0 Å². The fourth-order valence-electron chi connectivity index (χ4n) is 0.569. The maximum Gasteiger partial charge on any atom is 0.294 e. The topological polar surface area (TPSA) is 66.8 Å². The van der Waals surface area contributed by atoms with Crippen LogP contribution in [-0.4, -0.2) is 34.6 Å². The Kier molecular flexibility index (Phi) is 5.74. The van der Waals surface area contributed by atoms with E-state index in [2.05, 4.69) is 4.52 Å². The molecule has 4 nitrogen and oxygen atoms in total. The Morgan fingerprint density at radius 3 is 2.50 bits per heavy atom. The second kappa shape index (κ2) is 5.43. The molecule has 0 spiro atoms. The second-order valence-electron chi connectivity index (χ2n) is 2.26. The smallest absolute Gasteiger partial charge is 0.294 e. The summed E-state index contributed by atoms with van der Waals surface area (Å²) in [6.07, 6.45) is -1.44. The molecule has 0 radical (unpaired) electrons. The van der Waals surface area contributed by atoms with Crippen LogP contribution >= 0.6 is 29.6 Å². The fraction of sp³-hybridized carbons (Fsp3) is 1.00. The lowest BCUT2D eigenvalue weighted by molar-refractivity contribution is 0.109. The summed E-state index contributed by atoms with van der Waals surface area (Å²) in [5, 5.41) is 17.3. The summed E-state index contributed by atoms with van der Waals surface area (Å²) in [7, 11) is 0. The van der Waals surface area contributed by atoms with Crippen LogP contribution in [0.3, 0.4) is 0 Å². The summed E-state index contributed by atoms with van der Waals surface area (Å²) in [6.45, 7) is -2.43. The maximum absolute atomic E-state index is 11.2. The van der Waals surface area contributed by atoms with E-state index in [0.717, 1.165) is 0 Å². The lowest BCUT2D eigenvalue weighted by Crippen LogP contribution is -2.17. The molecule has 3 atom stereocenters. The first-order valence-electron chi connectivity index (χ1n) is 3.27. The standard InChI is InChI=1S/C5H11Cl2O4P/c1-4(6)11-12(7,10)3-5(9)2-8/h4-5,8-9H,2-3H2,1H3/t4?,5-,12?/m1/s1. The van der Waals surface area contributed by atoms with Crippen LogP contribution in [0.2, 0.25) is 0 Å².